The summed E-state index contributed by atoms with van der Waals surface area (Å²) in [6.07, 6.45) is 0.0113. The van der Waals surface area contributed by atoms with Gasteiger partial charge in [0.2, 0.25) is 0 Å². The zero-order chi connectivity index (χ0) is 16.0. The van der Waals surface area contributed by atoms with E-state index in [1.807, 2.05) is 0 Å². The van der Waals surface area contributed by atoms with Gasteiger partial charge in [-0.15, -0.1) is 0 Å². The molecule has 0 aliphatic heterocycles. The van der Waals surface area contributed by atoms with Crippen molar-refractivity contribution in [2.75, 3.05) is 12.3 Å². The largest absolute Gasteiger partial charge is 0.444 e. The second-order valence-corrected chi connectivity index (χ2v) is 6.09. The molecule has 1 aromatic rings. The van der Waals surface area contributed by atoms with Gasteiger partial charge in [0, 0.05) is 18.5 Å². The van der Waals surface area contributed by atoms with Gasteiger partial charge < -0.3 is 15.8 Å². The highest BCUT2D eigenvalue weighted by Gasteiger charge is 2.15. The molecule has 1 amide bonds. The van der Waals surface area contributed by atoms with Crippen molar-refractivity contribution in [2.24, 2.45) is 0 Å². The first kappa shape index (κ1) is 17.5. The number of nitrogens with two attached hydrogens (primary N) is 1. The lowest BCUT2D eigenvalue weighted by molar-refractivity contribution is 0.0529. The molecule has 3 N–H and O–H groups in total. The number of hydrogen-bond acceptors (Lipinski definition) is 3. The Kier molecular flexibility index (Phi) is 6.19. The molecule has 0 aromatic heterocycles. The number of amides is 1. The summed E-state index contributed by atoms with van der Waals surface area (Å²) in [6.45, 7) is 5.81. The molecule has 0 atom stereocenters. The lowest BCUT2D eigenvalue weighted by Gasteiger charge is -2.19. The molecule has 0 aliphatic rings. The summed E-state index contributed by atoms with van der Waals surface area (Å²) in [6, 6.07) is 3.35. The van der Waals surface area contributed by atoms with Crippen LogP contribution in [0.3, 0.4) is 0 Å². The Balaban J connectivity index is 2.48. The number of benzene rings is 1. The Bertz CT molecular complexity index is 584. The number of nitrogens with one attached hydrogen (secondary N) is 1. The van der Waals surface area contributed by atoms with Gasteiger partial charge in [0.05, 0.1) is 15.7 Å². The third-order valence-corrected chi connectivity index (χ3v) is 3.09. The van der Waals surface area contributed by atoms with Crippen molar-refractivity contribution in [3.8, 4) is 11.8 Å². The number of carbonyl (C=O) groups is 1. The van der Waals surface area contributed by atoms with Gasteiger partial charge in [-0.05, 0) is 32.9 Å². The lowest BCUT2D eigenvalue weighted by Crippen LogP contribution is -2.32. The fraction of sp³-hybridized carbons (Fsp3) is 0.400. The number of ether oxygens (including phenoxy) is 1. The summed E-state index contributed by atoms with van der Waals surface area (Å²) in [5.74, 6) is 5.80. The Labute approximate surface area is 134 Å². The van der Waals surface area contributed by atoms with E-state index >= 15 is 0 Å². The number of carbonyl (C=O) groups excluding carboxylic acids is 1. The van der Waals surface area contributed by atoms with E-state index in [1.54, 1.807) is 32.9 Å². The second kappa shape index (κ2) is 7.44. The minimum atomic E-state index is -0.510. The lowest BCUT2D eigenvalue weighted by atomic mass is 10.2. The highest BCUT2D eigenvalue weighted by Crippen LogP contribution is 2.30. The average molecular weight is 329 g/mol. The maximum absolute atomic E-state index is 11.4. The second-order valence-electron chi connectivity index (χ2n) is 5.30. The van der Waals surface area contributed by atoms with E-state index in [4.69, 9.17) is 33.7 Å². The van der Waals surface area contributed by atoms with Crippen LogP contribution in [0.1, 0.15) is 32.8 Å². The zero-order valence-electron chi connectivity index (χ0n) is 12.2. The van der Waals surface area contributed by atoms with Crippen molar-refractivity contribution in [1.82, 2.24) is 5.32 Å². The number of hydrogen-bond donors (Lipinski definition) is 2. The van der Waals surface area contributed by atoms with Crippen molar-refractivity contribution in [2.45, 2.75) is 32.8 Å². The van der Waals surface area contributed by atoms with Crippen LogP contribution in [0.25, 0.3) is 0 Å². The first-order valence-electron chi connectivity index (χ1n) is 6.40. The summed E-state index contributed by atoms with van der Waals surface area (Å²) < 4.78 is 5.10. The third-order valence-electron chi connectivity index (χ3n) is 2.27. The summed E-state index contributed by atoms with van der Waals surface area (Å²) in [5, 5.41) is 3.31. The highest BCUT2D eigenvalue weighted by atomic mass is 35.5. The highest BCUT2D eigenvalue weighted by molar-refractivity contribution is 6.43. The van der Waals surface area contributed by atoms with E-state index in [9.17, 15) is 4.79 Å². The minimum Gasteiger partial charge on any atom is -0.444 e. The molecule has 1 rings (SSSR count). The fourth-order valence-corrected chi connectivity index (χ4v) is 1.70. The van der Waals surface area contributed by atoms with Crippen LogP contribution < -0.4 is 11.1 Å². The van der Waals surface area contributed by atoms with Crippen molar-refractivity contribution in [3.05, 3.63) is 27.7 Å². The number of alkyl carbamates (subject to hydrolysis) is 1. The van der Waals surface area contributed by atoms with Gasteiger partial charge >= 0.3 is 6.09 Å². The molecule has 0 aliphatic carbocycles. The van der Waals surface area contributed by atoms with Crippen LogP contribution in [0.15, 0.2) is 12.1 Å². The Morgan fingerprint density at radius 2 is 2.05 bits per heavy atom. The smallest absolute Gasteiger partial charge is 0.407 e. The first-order chi connectivity index (χ1) is 9.70. The van der Waals surface area contributed by atoms with E-state index in [1.165, 1.54) is 0 Å². The zero-order valence-corrected chi connectivity index (χ0v) is 13.7. The first-order valence-corrected chi connectivity index (χ1v) is 7.15. The number of anilines is 1. The van der Waals surface area contributed by atoms with Crippen LogP contribution in [-0.2, 0) is 4.74 Å². The maximum Gasteiger partial charge on any atom is 0.407 e. The molecule has 0 fully saturated rings. The van der Waals surface area contributed by atoms with Gasteiger partial charge in [0.25, 0.3) is 0 Å². The standard InChI is InChI=1S/C15H18Cl2N2O2/c1-15(2,3)21-14(20)19-9-5-4-6-10-7-8-11(16)12(17)13(10)18/h7-8H,5,9,18H2,1-3H3,(H,19,20). The Morgan fingerprint density at radius 1 is 1.38 bits per heavy atom. The molecule has 114 valence electrons. The molecular weight excluding hydrogens is 311 g/mol. The van der Waals surface area contributed by atoms with E-state index in [-0.39, 0.29) is 0 Å². The molecule has 21 heavy (non-hydrogen) atoms. The van der Waals surface area contributed by atoms with Crippen LogP contribution in [0, 0.1) is 11.8 Å². The molecule has 0 unspecified atom stereocenters. The van der Waals surface area contributed by atoms with Crippen LogP contribution in [0.2, 0.25) is 10.0 Å². The van der Waals surface area contributed by atoms with E-state index < -0.39 is 11.7 Å². The van der Waals surface area contributed by atoms with Gasteiger partial charge in [-0.2, -0.15) is 0 Å². The minimum absolute atomic E-state index is 0.301. The Morgan fingerprint density at radius 3 is 2.67 bits per heavy atom. The van der Waals surface area contributed by atoms with Gasteiger partial charge in [-0.3, -0.25) is 0 Å². The molecule has 0 saturated carbocycles. The normalized spacial score (nSPS) is 10.5. The van der Waals surface area contributed by atoms with E-state index in [2.05, 4.69) is 17.2 Å². The number of halogens is 2. The van der Waals surface area contributed by atoms with E-state index in [0.717, 1.165) is 0 Å². The van der Waals surface area contributed by atoms with Gasteiger partial charge in [-0.1, -0.05) is 35.0 Å². The monoisotopic (exact) mass is 328 g/mol. The summed E-state index contributed by atoms with van der Waals surface area (Å²) in [5.41, 5.74) is 6.27. The molecule has 0 bridgehead atoms. The summed E-state index contributed by atoms with van der Waals surface area (Å²) in [7, 11) is 0. The molecule has 0 heterocycles. The van der Waals surface area contributed by atoms with Crippen LogP contribution in [0.4, 0.5) is 10.5 Å². The van der Waals surface area contributed by atoms with Crippen molar-refractivity contribution in [1.29, 1.82) is 0 Å². The number of rotatable bonds is 2. The van der Waals surface area contributed by atoms with Crippen LogP contribution >= 0.6 is 23.2 Å². The van der Waals surface area contributed by atoms with Crippen molar-refractivity contribution in [3.63, 3.8) is 0 Å². The van der Waals surface area contributed by atoms with Gasteiger partial charge in [0.15, 0.2) is 0 Å². The van der Waals surface area contributed by atoms with Crippen LogP contribution in [-0.4, -0.2) is 18.2 Å². The van der Waals surface area contributed by atoms with E-state index in [0.29, 0.717) is 34.3 Å². The average Bonchev–Trinajstić information content (AvgIpc) is 2.36. The van der Waals surface area contributed by atoms with Gasteiger partial charge in [0.1, 0.15) is 5.60 Å². The summed E-state index contributed by atoms with van der Waals surface area (Å²) in [4.78, 5) is 11.4. The fourth-order valence-electron chi connectivity index (χ4n) is 1.37. The summed E-state index contributed by atoms with van der Waals surface area (Å²) >= 11 is 11.8. The molecule has 0 saturated heterocycles. The number of nitrogen functional groups attached to an aromatic ring is 1. The molecule has 0 radical (unpaired) electrons. The van der Waals surface area contributed by atoms with Crippen molar-refractivity contribution < 1.29 is 9.53 Å². The topological polar surface area (TPSA) is 64.3 Å². The Hall–Kier alpha value is -1.57. The quantitative estimate of drug-likeness (QED) is 0.492. The molecule has 0 spiro atoms. The molecule has 6 heteroatoms. The predicted octanol–water partition coefficient (Wildman–Crippen LogP) is 3.84. The SMILES string of the molecule is CC(C)(C)OC(=O)NCCC#Cc1ccc(Cl)c(Cl)c1N. The predicted molar refractivity (Wildman–Crippen MR) is 86.6 cm³/mol. The third kappa shape index (κ3) is 6.16. The molecular formula is C15H18Cl2N2O2. The maximum atomic E-state index is 11.4. The molecule has 1 aromatic carbocycles. The van der Waals surface area contributed by atoms with Crippen LogP contribution in [0.5, 0.6) is 0 Å². The van der Waals surface area contributed by atoms with Crippen molar-refractivity contribution >= 4 is 35.0 Å². The van der Waals surface area contributed by atoms with Gasteiger partial charge in [-0.25, -0.2) is 4.79 Å². The molecule has 4 nitrogen and oxygen atoms in total.